The molecule has 0 aromatic heterocycles. The summed E-state index contributed by atoms with van der Waals surface area (Å²) in [4.78, 5) is 0. The summed E-state index contributed by atoms with van der Waals surface area (Å²) >= 11 is 3.37. The van der Waals surface area contributed by atoms with Crippen LogP contribution in [0.2, 0.25) is 0 Å². The van der Waals surface area contributed by atoms with E-state index in [0.29, 0.717) is 6.61 Å². The molecule has 0 atom stereocenters. The molecular weight excluding hydrogens is 216 g/mol. The molecule has 0 N–H and O–H groups in total. The highest BCUT2D eigenvalue weighted by atomic mass is 79.9. The summed E-state index contributed by atoms with van der Waals surface area (Å²) in [5, 5.41) is 0. The van der Waals surface area contributed by atoms with Crippen LogP contribution >= 0.6 is 15.9 Å². The molecule has 0 radical (unpaired) electrons. The fraction of sp³-hybridized carbons (Fsp3) is 0.200. The molecule has 1 aromatic carbocycles. The van der Waals surface area contributed by atoms with Gasteiger partial charge in [0, 0.05) is 0 Å². The lowest BCUT2D eigenvalue weighted by Gasteiger charge is -2.07. The zero-order chi connectivity index (χ0) is 8.97. The number of benzene rings is 1. The highest BCUT2D eigenvalue weighted by Gasteiger charge is 2.03. The number of hydrogen-bond acceptors (Lipinski definition) is 1. The Balaban J connectivity index is 3.13. The summed E-state index contributed by atoms with van der Waals surface area (Å²) in [5.41, 5.74) is 0.784. The van der Waals surface area contributed by atoms with Gasteiger partial charge in [0.25, 0.3) is 0 Å². The van der Waals surface area contributed by atoms with Crippen molar-refractivity contribution < 1.29 is 4.74 Å². The standard InChI is InChI=1S/C10H9BrO/c1-3-8-6-5-7-9(11)10(8)12-4-2/h1,5-7H,4H2,2H3. The number of terminal acetylenes is 1. The van der Waals surface area contributed by atoms with Gasteiger partial charge in [-0.3, -0.25) is 0 Å². The minimum Gasteiger partial charge on any atom is -0.491 e. The molecule has 0 fully saturated rings. The molecule has 0 aliphatic rings. The van der Waals surface area contributed by atoms with Crippen molar-refractivity contribution in [1.82, 2.24) is 0 Å². The highest BCUT2D eigenvalue weighted by molar-refractivity contribution is 9.10. The fourth-order valence-electron chi connectivity index (χ4n) is 0.914. The third-order valence-electron chi connectivity index (χ3n) is 1.41. The number of rotatable bonds is 2. The van der Waals surface area contributed by atoms with E-state index in [-0.39, 0.29) is 0 Å². The van der Waals surface area contributed by atoms with Crippen molar-refractivity contribution in [2.75, 3.05) is 6.61 Å². The highest BCUT2D eigenvalue weighted by Crippen LogP contribution is 2.28. The lowest BCUT2D eigenvalue weighted by atomic mass is 10.2. The van der Waals surface area contributed by atoms with Crippen molar-refractivity contribution in [3.63, 3.8) is 0 Å². The summed E-state index contributed by atoms with van der Waals surface area (Å²) in [5.74, 6) is 3.32. The van der Waals surface area contributed by atoms with Crippen LogP contribution in [0.15, 0.2) is 22.7 Å². The zero-order valence-electron chi connectivity index (χ0n) is 6.80. The minimum absolute atomic E-state index is 0.622. The van der Waals surface area contributed by atoms with Crippen LogP contribution in [0.25, 0.3) is 0 Å². The fourth-order valence-corrected chi connectivity index (χ4v) is 1.39. The second kappa shape index (κ2) is 4.18. The lowest BCUT2D eigenvalue weighted by molar-refractivity contribution is 0.337. The Kier molecular flexibility index (Phi) is 3.19. The van der Waals surface area contributed by atoms with Crippen LogP contribution in [-0.2, 0) is 0 Å². The van der Waals surface area contributed by atoms with E-state index < -0.39 is 0 Å². The van der Waals surface area contributed by atoms with Gasteiger partial charge in [-0.05, 0) is 35.0 Å². The molecule has 0 aliphatic heterocycles. The minimum atomic E-state index is 0.622. The molecule has 0 unspecified atom stereocenters. The summed E-state index contributed by atoms with van der Waals surface area (Å²) in [6, 6.07) is 5.66. The quantitative estimate of drug-likeness (QED) is 0.703. The number of ether oxygens (including phenoxy) is 1. The van der Waals surface area contributed by atoms with Gasteiger partial charge in [-0.25, -0.2) is 0 Å². The van der Waals surface area contributed by atoms with E-state index >= 15 is 0 Å². The van der Waals surface area contributed by atoms with Crippen molar-refractivity contribution in [2.24, 2.45) is 0 Å². The zero-order valence-corrected chi connectivity index (χ0v) is 8.39. The number of hydrogen-bond donors (Lipinski definition) is 0. The Morgan fingerprint density at radius 1 is 1.58 bits per heavy atom. The largest absolute Gasteiger partial charge is 0.491 e. The van der Waals surface area contributed by atoms with E-state index in [1.54, 1.807) is 0 Å². The molecule has 1 rings (SSSR count). The predicted octanol–water partition coefficient (Wildman–Crippen LogP) is 2.83. The van der Waals surface area contributed by atoms with Crippen LogP contribution in [0, 0.1) is 12.3 Å². The normalized spacial score (nSPS) is 9.08. The molecule has 12 heavy (non-hydrogen) atoms. The molecule has 0 aliphatic carbocycles. The van der Waals surface area contributed by atoms with E-state index in [9.17, 15) is 0 Å². The Morgan fingerprint density at radius 2 is 2.33 bits per heavy atom. The third-order valence-corrected chi connectivity index (χ3v) is 2.04. The summed E-state index contributed by atoms with van der Waals surface area (Å²) in [6.07, 6.45) is 5.30. The van der Waals surface area contributed by atoms with Crippen molar-refractivity contribution in [3.8, 4) is 18.1 Å². The van der Waals surface area contributed by atoms with Gasteiger partial charge in [-0.15, -0.1) is 6.42 Å². The molecule has 2 heteroatoms. The molecule has 0 heterocycles. The molecule has 0 saturated carbocycles. The van der Waals surface area contributed by atoms with Gasteiger partial charge >= 0.3 is 0 Å². The summed E-state index contributed by atoms with van der Waals surface area (Å²) in [6.45, 7) is 2.55. The van der Waals surface area contributed by atoms with E-state index in [2.05, 4.69) is 21.9 Å². The monoisotopic (exact) mass is 224 g/mol. The van der Waals surface area contributed by atoms with Crippen LogP contribution in [0.5, 0.6) is 5.75 Å². The smallest absolute Gasteiger partial charge is 0.149 e. The first kappa shape index (κ1) is 9.15. The lowest BCUT2D eigenvalue weighted by Crippen LogP contribution is -1.94. The van der Waals surface area contributed by atoms with Crippen LogP contribution < -0.4 is 4.74 Å². The molecule has 1 aromatic rings. The van der Waals surface area contributed by atoms with Crippen molar-refractivity contribution in [1.29, 1.82) is 0 Å². The first-order valence-electron chi connectivity index (χ1n) is 3.67. The molecular formula is C10H9BrO. The second-order valence-electron chi connectivity index (χ2n) is 2.19. The van der Waals surface area contributed by atoms with Crippen molar-refractivity contribution in [3.05, 3.63) is 28.2 Å². The van der Waals surface area contributed by atoms with Crippen molar-refractivity contribution in [2.45, 2.75) is 6.92 Å². The summed E-state index contributed by atoms with van der Waals surface area (Å²) in [7, 11) is 0. The van der Waals surface area contributed by atoms with Crippen LogP contribution in [0.1, 0.15) is 12.5 Å². The van der Waals surface area contributed by atoms with E-state index in [4.69, 9.17) is 11.2 Å². The third kappa shape index (κ3) is 1.80. The van der Waals surface area contributed by atoms with E-state index in [1.165, 1.54) is 0 Å². The van der Waals surface area contributed by atoms with Gasteiger partial charge < -0.3 is 4.74 Å². The predicted molar refractivity (Wildman–Crippen MR) is 53.2 cm³/mol. The Bertz CT molecular complexity index is 312. The molecule has 0 spiro atoms. The Labute approximate surface area is 80.9 Å². The van der Waals surface area contributed by atoms with E-state index in [0.717, 1.165) is 15.8 Å². The van der Waals surface area contributed by atoms with Gasteiger partial charge in [0.05, 0.1) is 16.6 Å². The number of para-hydroxylation sites is 1. The number of halogens is 1. The Morgan fingerprint density at radius 3 is 2.92 bits per heavy atom. The SMILES string of the molecule is C#Cc1cccc(Br)c1OCC. The van der Waals surface area contributed by atoms with E-state index in [1.807, 2.05) is 25.1 Å². The van der Waals surface area contributed by atoms with Crippen LogP contribution in [0.3, 0.4) is 0 Å². The van der Waals surface area contributed by atoms with Crippen LogP contribution in [-0.4, -0.2) is 6.61 Å². The molecule has 0 amide bonds. The maximum absolute atomic E-state index is 5.37. The first-order chi connectivity index (χ1) is 5.79. The average molecular weight is 225 g/mol. The van der Waals surface area contributed by atoms with Crippen LogP contribution in [0.4, 0.5) is 0 Å². The molecule has 62 valence electrons. The van der Waals surface area contributed by atoms with Gasteiger partial charge in [0.2, 0.25) is 0 Å². The maximum Gasteiger partial charge on any atom is 0.149 e. The molecule has 1 nitrogen and oxygen atoms in total. The second-order valence-corrected chi connectivity index (χ2v) is 3.05. The molecule has 0 bridgehead atoms. The first-order valence-corrected chi connectivity index (χ1v) is 4.46. The maximum atomic E-state index is 5.37. The van der Waals surface area contributed by atoms with Gasteiger partial charge in [-0.1, -0.05) is 12.0 Å². The van der Waals surface area contributed by atoms with Gasteiger partial charge in [0.1, 0.15) is 5.75 Å². The van der Waals surface area contributed by atoms with Gasteiger partial charge in [-0.2, -0.15) is 0 Å². The summed E-state index contributed by atoms with van der Waals surface area (Å²) < 4.78 is 6.27. The average Bonchev–Trinajstić information content (AvgIpc) is 2.09. The van der Waals surface area contributed by atoms with Crippen molar-refractivity contribution >= 4 is 15.9 Å². The van der Waals surface area contributed by atoms with Gasteiger partial charge in [0.15, 0.2) is 0 Å². The molecule has 0 saturated heterocycles. The topological polar surface area (TPSA) is 9.23 Å². The Hall–Kier alpha value is -0.940.